The van der Waals surface area contributed by atoms with Gasteiger partial charge in [-0.1, -0.05) is 13.3 Å². The average molecular weight is 294 g/mol. The summed E-state index contributed by atoms with van der Waals surface area (Å²) in [6, 6.07) is -0.169. The molecule has 1 aliphatic heterocycles. The molecule has 2 N–H and O–H groups in total. The zero-order valence-electron chi connectivity index (χ0n) is 11.0. The van der Waals surface area contributed by atoms with Gasteiger partial charge in [-0.2, -0.15) is 11.8 Å². The number of sulfone groups is 1. The minimum atomic E-state index is -3.22. The van der Waals surface area contributed by atoms with E-state index in [2.05, 4.69) is 0 Å². The maximum absolute atomic E-state index is 12.1. The molecule has 1 aliphatic rings. The Balaban J connectivity index is 2.69. The van der Waals surface area contributed by atoms with Crippen LogP contribution < -0.4 is 5.73 Å². The van der Waals surface area contributed by atoms with Gasteiger partial charge in [-0.15, -0.1) is 0 Å². The van der Waals surface area contributed by atoms with Crippen LogP contribution in [0.5, 0.6) is 0 Å². The first-order valence-corrected chi connectivity index (χ1v) is 9.28. The Hall–Kier alpha value is -0.270. The summed E-state index contributed by atoms with van der Waals surface area (Å²) in [6.07, 6.45) is 3.15. The summed E-state index contributed by atoms with van der Waals surface area (Å²) >= 11 is 1.58. The summed E-state index contributed by atoms with van der Waals surface area (Å²) in [5.41, 5.74) is 5.84. The van der Waals surface area contributed by atoms with Gasteiger partial charge in [-0.3, -0.25) is 4.79 Å². The number of carbonyl (C=O) groups is 1. The highest BCUT2D eigenvalue weighted by Gasteiger charge is 2.34. The van der Waals surface area contributed by atoms with Crippen LogP contribution in [0, 0.1) is 0 Å². The number of hydrogen-bond donors (Lipinski definition) is 1. The number of rotatable bonds is 5. The highest BCUT2D eigenvalue weighted by atomic mass is 32.2. The van der Waals surface area contributed by atoms with Crippen molar-refractivity contribution in [1.29, 1.82) is 0 Å². The van der Waals surface area contributed by atoms with Gasteiger partial charge in [0.25, 0.3) is 0 Å². The Bertz CT molecular complexity index is 384. The first-order valence-electron chi connectivity index (χ1n) is 6.18. The largest absolute Gasteiger partial charge is 0.327 e. The molecular formula is C11H22N2O3S2. The maximum atomic E-state index is 12.1. The van der Waals surface area contributed by atoms with E-state index in [1.807, 2.05) is 6.92 Å². The Morgan fingerprint density at radius 3 is 2.78 bits per heavy atom. The molecule has 7 heteroatoms. The lowest BCUT2D eigenvalue weighted by molar-refractivity contribution is -0.132. The molecule has 1 amide bonds. The third-order valence-corrected chi connectivity index (χ3v) is 5.64. The van der Waals surface area contributed by atoms with Crippen LogP contribution in [0.1, 0.15) is 26.2 Å². The van der Waals surface area contributed by atoms with Gasteiger partial charge >= 0.3 is 0 Å². The van der Waals surface area contributed by atoms with Gasteiger partial charge in [0, 0.05) is 36.8 Å². The first-order chi connectivity index (χ1) is 8.36. The quantitative estimate of drug-likeness (QED) is 0.796. The second-order valence-electron chi connectivity index (χ2n) is 4.70. The highest BCUT2D eigenvalue weighted by Crippen LogP contribution is 2.21. The second kappa shape index (κ2) is 6.77. The molecule has 1 saturated heterocycles. The summed E-state index contributed by atoms with van der Waals surface area (Å²) in [6.45, 7) is 2.52. The molecule has 0 bridgehead atoms. The minimum Gasteiger partial charge on any atom is -0.327 e. The number of amides is 1. The van der Waals surface area contributed by atoms with E-state index >= 15 is 0 Å². The van der Waals surface area contributed by atoms with Crippen LogP contribution in [-0.4, -0.2) is 54.9 Å². The normalized spacial score (nSPS) is 22.8. The van der Waals surface area contributed by atoms with Gasteiger partial charge in [0.1, 0.15) is 5.37 Å². The van der Waals surface area contributed by atoms with Crippen LogP contribution >= 0.6 is 11.8 Å². The molecule has 1 heterocycles. The van der Waals surface area contributed by atoms with E-state index in [4.69, 9.17) is 5.73 Å². The third kappa shape index (κ3) is 4.44. The maximum Gasteiger partial charge on any atom is 0.225 e. The fraction of sp³-hybridized carbons (Fsp3) is 0.909. The fourth-order valence-electron chi connectivity index (χ4n) is 2.04. The predicted octanol–water partition coefficient (Wildman–Crippen LogP) is 0.450. The summed E-state index contributed by atoms with van der Waals surface area (Å²) in [4.78, 5) is 13.6. The summed E-state index contributed by atoms with van der Waals surface area (Å²) in [7, 11) is -3.22. The van der Waals surface area contributed by atoms with Crippen molar-refractivity contribution in [1.82, 2.24) is 4.90 Å². The summed E-state index contributed by atoms with van der Waals surface area (Å²) in [5, 5.41) is -0.683. The molecule has 2 unspecified atom stereocenters. The molecule has 0 aliphatic carbocycles. The van der Waals surface area contributed by atoms with Crippen molar-refractivity contribution in [3.8, 4) is 0 Å². The van der Waals surface area contributed by atoms with Crippen molar-refractivity contribution in [3.05, 3.63) is 0 Å². The number of nitrogens with zero attached hydrogens (tertiary/aromatic N) is 1. The van der Waals surface area contributed by atoms with Crippen molar-refractivity contribution in [2.75, 3.05) is 24.3 Å². The third-order valence-electron chi connectivity index (χ3n) is 3.00. The topological polar surface area (TPSA) is 80.5 Å². The van der Waals surface area contributed by atoms with Crippen LogP contribution in [0.15, 0.2) is 0 Å². The molecule has 0 aromatic carbocycles. The Morgan fingerprint density at radius 1 is 1.56 bits per heavy atom. The van der Waals surface area contributed by atoms with Crippen molar-refractivity contribution >= 4 is 27.5 Å². The van der Waals surface area contributed by atoms with Crippen molar-refractivity contribution in [2.45, 2.75) is 37.6 Å². The lowest BCUT2D eigenvalue weighted by Crippen LogP contribution is -2.51. The van der Waals surface area contributed by atoms with E-state index in [-0.39, 0.29) is 18.4 Å². The molecule has 1 rings (SSSR count). The number of nitrogens with two attached hydrogens (primary N) is 1. The number of carbonyl (C=O) groups excluding carboxylic acids is 1. The Labute approximate surface area is 113 Å². The zero-order valence-corrected chi connectivity index (χ0v) is 12.6. The van der Waals surface area contributed by atoms with Gasteiger partial charge in [0.05, 0.1) is 0 Å². The highest BCUT2D eigenvalue weighted by molar-refractivity contribution is 8.00. The van der Waals surface area contributed by atoms with E-state index in [9.17, 15) is 13.2 Å². The predicted molar refractivity (Wildman–Crippen MR) is 75.2 cm³/mol. The van der Waals surface area contributed by atoms with Crippen molar-refractivity contribution in [3.63, 3.8) is 0 Å². The first kappa shape index (κ1) is 15.8. The summed E-state index contributed by atoms with van der Waals surface area (Å²) in [5.74, 6) is 1.13. The van der Waals surface area contributed by atoms with E-state index < -0.39 is 15.2 Å². The molecule has 0 saturated carbocycles. The van der Waals surface area contributed by atoms with Gasteiger partial charge in [-0.25, -0.2) is 8.42 Å². The van der Waals surface area contributed by atoms with Crippen LogP contribution in [-0.2, 0) is 14.6 Å². The van der Waals surface area contributed by atoms with Gasteiger partial charge in [0.15, 0.2) is 9.84 Å². The van der Waals surface area contributed by atoms with E-state index in [1.54, 1.807) is 11.8 Å². The van der Waals surface area contributed by atoms with Gasteiger partial charge < -0.3 is 10.6 Å². The Kier molecular flexibility index (Phi) is 5.94. The second-order valence-corrected chi connectivity index (χ2v) is 8.05. The molecule has 0 aromatic heterocycles. The molecule has 0 aromatic rings. The molecule has 1 fully saturated rings. The van der Waals surface area contributed by atoms with Crippen LogP contribution in [0.2, 0.25) is 0 Å². The molecule has 0 spiro atoms. The Morgan fingerprint density at radius 2 is 2.22 bits per heavy atom. The lowest BCUT2D eigenvalue weighted by atomic mass is 10.1. The molecule has 0 radical (unpaired) electrons. The van der Waals surface area contributed by atoms with Crippen LogP contribution in [0.3, 0.4) is 0 Å². The average Bonchev–Trinajstić information content (AvgIpc) is 2.28. The number of thioether (sulfide) groups is 1. The monoisotopic (exact) mass is 294 g/mol. The van der Waals surface area contributed by atoms with Crippen LogP contribution in [0.25, 0.3) is 0 Å². The SMILES string of the molecule is CCCC(N)CC(=O)N1CCSCC1S(C)(=O)=O. The van der Waals surface area contributed by atoms with Gasteiger partial charge in [-0.05, 0) is 6.42 Å². The minimum absolute atomic E-state index is 0.133. The van der Waals surface area contributed by atoms with E-state index in [1.165, 1.54) is 11.2 Å². The molecular weight excluding hydrogens is 272 g/mol. The van der Waals surface area contributed by atoms with Crippen molar-refractivity contribution in [2.24, 2.45) is 5.73 Å². The van der Waals surface area contributed by atoms with E-state index in [0.29, 0.717) is 12.3 Å². The van der Waals surface area contributed by atoms with Crippen LogP contribution in [0.4, 0.5) is 0 Å². The molecule has 2 atom stereocenters. The van der Waals surface area contributed by atoms with E-state index in [0.717, 1.165) is 18.6 Å². The smallest absolute Gasteiger partial charge is 0.225 e. The molecule has 18 heavy (non-hydrogen) atoms. The number of hydrogen-bond acceptors (Lipinski definition) is 5. The molecule has 5 nitrogen and oxygen atoms in total. The standard InChI is InChI=1S/C11H22N2O3S2/c1-3-4-9(12)7-10(14)13-5-6-17-8-11(13)18(2,15)16/h9,11H,3-8,12H2,1-2H3. The molecule has 106 valence electrons. The lowest BCUT2D eigenvalue weighted by Gasteiger charge is -2.34. The van der Waals surface area contributed by atoms with Gasteiger partial charge in [0.2, 0.25) is 5.91 Å². The zero-order chi connectivity index (χ0) is 13.8. The summed E-state index contributed by atoms with van der Waals surface area (Å²) < 4.78 is 23.3. The fourth-order valence-corrected chi connectivity index (χ4v) is 4.87. The van der Waals surface area contributed by atoms with Crippen molar-refractivity contribution < 1.29 is 13.2 Å².